The number of nitriles is 1. The summed E-state index contributed by atoms with van der Waals surface area (Å²) < 4.78 is 0.906. The second kappa shape index (κ2) is 6.72. The average molecular weight is 306 g/mol. The van der Waals surface area contributed by atoms with Gasteiger partial charge in [0.25, 0.3) is 5.91 Å². The van der Waals surface area contributed by atoms with Gasteiger partial charge in [-0.3, -0.25) is 9.79 Å². The molecule has 0 aromatic heterocycles. The third kappa shape index (κ3) is 4.15. The van der Waals surface area contributed by atoms with Crippen molar-refractivity contribution in [1.29, 1.82) is 5.26 Å². The molecular formula is C13H12BrN3O. The molecule has 0 atom stereocenters. The highest BCUT2D eigenvalue weighted by Crippen LogP contribution is 2.10. The predicted molar refractivity (Wildman–Crippen MR) is 74.3 cm³/mol. The maximum absolute atomic E-state index is 11.9. The minimum Gasteiger partial charge on any atom is -0.307 e. The Labute approximate surface area is 114 Å². The first-order chi connectivity index (χ1) is 8.56. The molecule has 0 heterocycles. The quantitative estimate of drug-likeness (QED) is 0.518. The predicted octanol–water partition coefficient (Wildman–Crippen LogP) is 2.68. The summed E-state index contributed by atoms with van der Waals surface area (Å²) in [7, 11) is 1.55. The summed E-state index contributed by atoms with van der Waals surface area (Å²) in [6, 6.07) is 8.95. The van der Waals surface area contributed by atoms with E-state index in [1.807, 2.05) is 6.07 Å². The van der Waals surface area contributed by atoms with Crippen LogP contribution in [0, 0.1) is 11.3 Å². The van der Waals surface area contributed by atoms with Crippen molar-refractivity contribution in [1.82, 2.24) is 5.32 Å². The van der Waals surface area contributed by atoms with Gasteiger partial charge in [-0.1, -0.05) is 15.9 Å². The highest BCUT2D eigenvalue weighted by atomic mass is 79.9. The highest BCUT2D eigenvalue weighted by Gasteiger charge is 2.06. The Morgan fingerprint density at radius 2 is 2.06 bits per heavy atom. The van der Waals surface area contributed by atoms with Gasteiger partial charge < -0.3 is 5.32 Å². The monoisotopic (exact) mass is 305 g/mol. The number of carbonyl (C=O) groups excluding carboxylic acids is 1. The van der Waals surface area contributed by atoms with Crippen molar-refractivity contribution in [3.63, 3.8) is 0 Å². The van der Waals surface area contributed by atoms with Crippen LogP contribution >= 0.6 is 15.9 Å². The van der Waals surface area contributed by atoms with E-state index >= 15 is 0 Å². The van der Waals surface area contributed by atoms with Crippen molar-refractivity contribution >= 4 is 27.7 Å². The number of halogens is 1. The van der Waals surface area contributed by atoms with Crippen molar-refractivity contribution in [2.75, 3.05) is 7.05 Å². The molecule has 4 nitrogen and oxygen atoms in total. The van der Waals surface area contributed by atoms with Crippen molar-refractivity contribution in [3.05, 3.63) is 46.0 Å². The first-order valence-corrected chi connectivity index (χ1v) is 5.98. The maximum Gasteiger partial charge on any atom is 0.256 e. The first kappa shape index (κ1) is 14.1. The van der Waals surface area contributed by atoms with E-state index in [0.29, 0.717) is 17.0 Å². The standard InChI is InChI=1S/C13H12BrN3O/c1-9(8-15)7-12(16-2)17-13(18)10-3-5-11(14)6-4-10/h3-7H,1-2H3,(H,16,17,18)/b9-7+. The Morgan fingerprint density at radius 1 is 1.44 bits per heavy atom. The molecular weight excluding hydrogens is 294 g/mol. The summed E-state index contributed by atoms with van der Waals surface area (Å²) in [5, 5.41) is 11.3. The zero-order valence-corrected chi connectivity index (χ0v) is 11.7. The van der Waals surface area contributed by atoms with E-state index in [1.165, 1.54) is 6.08 Å². The number of carbonyl (C=O) groups is 1. The Morgan fingerprint density at radius 3 is 2.56 bits per heavy atom. The van der Waals surface area contributed by atoms with E-state index in [1.54, 1.807) is 38.2 Å². The van der Waals surface area contributed by atoms with E-state index in [0.717, 1.165) is 4.47 Å². The largest absolute Gasteiger partial charge is 0.307 e. The van der Waals surface area contributed by atoms with Gasteiger partial charge in [-0.15, -0.1) is 0 Å². The van der Waals surface area contributed by atoms with E-state index in [2.05, 4.69) is 26.2 Å². The number of allylic oxidation sites excluding steroid dienone is 1. The number of amidine groups is 1. The molecule has 0 aliphatic heterocycles. The van der Waals surface area contributed by atoms with E-state index in [-0.39, 0.29) is 5.91 Å². The number of nitrogens with one attached hydrogen (secondary N) is 1. The van der Waals surface area contributed by atoms with Gasteiger partial charge in [0.05, 0.1) is 6.07 Å². The minimum atomic E-state index is -0.259. The van der Waals surface area contributed by atoms with E-state index < -0.39 is 0 Å². The fourth-order valence-corrected chi connectivity index (χ4v) is 1.45. The van der Waals surface area contributed by atoms with Crippen LogP contribution in [0.25, 0.3) is 0 Å². The molecule has 1 N–H and O–H groups in total. The summed E-state index contributed by atoms with van der Waals surface area (Å²) in [5.74, 6) is 0.104. The summed E-state index contributed by atoms with van der Waals surface area (Å²) >= 11 is 3.30. The number of rotatable bonds is 2. The molecule has 0 fully saturated rings. The van der Waals surface area contributed by atoms with Gasteiger partial charge in [0.15, 0.2) is 0 Å². The zero-order valence-electron chi connectivity index (χ0n) is 10.1. The van der Waals surface area contributed by atoms with Crippen LogP contribution < -0.4 is 5.32 Å². The number of benzene rings is 1. The molecule has 18 heavy (non-hydrogen) atoms. The lowest BCUT2D eigenvalue weighted by molar-refractivity contribution is 0.0977. The lowest BCUT2D eigenvalue weighted by Crippen LogP contribution is -2.29. The minimum absolute atomic E-state index is 0.259. The van der Waals surface area contributed by atoms with Crippen LogP contribution in [0.2, 0.25) is 0 Å². The number of amides is 1. The molecule has 0 aliphatic rings. The van der Waals surface area contributed by atoms with Crippen molar-refractivity contribution < 1.29 is 4.79 Å². The molecule has 0 bridgehead atoms. The molecule has 92 valence electrons. The molecule has 1 aromatic carbocycles. The summed E-state index contributed by atoms with van der Waals surface area (Å²) in [6.45, 7) is 1.65. The van der Waals surface area contributed by atoms with Crippen molar-refractivity contribution in [2.24, 2.45) is 4.99 Å². The van der Waals surface area contributed by atoms with E-state index in [4.69, 9.17) is 5.26 Å². The van der Waals surface area contributed by atoms with Gasteiger partial charge in [-0.2, -0.15) is 5.26 Å². The maximum atomic E-state index is 11.9. The molecule has 0 saturated carbocycles. The van der Waals surface area contributed by atoms with Crippen molar-refractivity contribution in [2.45, 2.75) is 6.92 Å². The Kier molecular flexibility index (Phi) is 5.28. The van der Waals surface area contributed by atoms with Crippen molar-refractivity contribution in [3.8, 4) is 6.07 Å². The molecule has 0 spiro atoms. The van der Waals surface area contributed by atoms with Crippen LogP contribution in [-0.2, 0) is 0 Å². The first-order valence-electron chi connectivity index (χ1n) is 5.19. The SMILES string of the molecule is CN=C(/C=C(\C)C#N)NC(=O)c1ccc(Br)cc1. The van der Waals surface area contributed by atoms with Gasteiger partial charge in [-0.25, -0.2) is 0 Å². The van der Waals surface area contributed by atoms with Crippen LogP contribution in [0.1, 0.15) is 17.3 Å². The summed E-state index contributed by atoms with van der Waals surface area (Å²) in [4.78, 5) is 15.8. The van der Waals surface area contributed by atoms with Crippen LogP contribution in [0.5, 0.6) is 0 Å². The molecule has 5 heteroatoms. The Balaban J connectivity index is 2.82. The van der Waals surface area contributed by atoms with E-state index in [9.17, 15) is 4.79 Å². The third-order valence-electron chi connectivity index (χ3n) is 2.12. The van der Waals surface area contributed by atoms with Gasteiger partial charge in [0.2, 0.25) is 0 Å². The number of nitrogens with zero attached hydrogens (tertiary/aromatic N) is 2. The van der Waals surface area contributed by atoms with Gasteiger partial charge >= 0.3 is 0 Å². The molecule has 1 rings (SSSR count). The Hall–Kier alpha value is -1.93. The van der Waals surface area contributed by atoms with Crippen LogP contribution in [0.3, 0.4) is 0 Å². The molecule has 0 saturated heterocycles. The average Bonchev–Trinajstić information content (AvgIpc) is 2.38. The lowest BCUT2D eigenvalue weighted by Gasteiger charge is -2.04. The number of hydrogen-bond donors (Lipinski definition) is 1. The topological polar surface area (TPSA) is 65.2 Å². The molecule has 0 unspecified atom stereocenters. The summed E-state index contributed by atoms with van der Waals surface area (Å²) in [6.07, 6.45) is 1.52. The van der Waals surface area contributed by atoms with Gasteiger partial charge in [0.1, 0.15) is 5.84 Å². The second-order valence-electron chi connectivity index (χ2n) is 3.51. The highest BCUT2D eigenvalue weighted by molar-refractivity contribution is 9.10. The fraction of sp³-hybridized carbons (Fsp3) is 0.154. The molecule has 0 aliphatic carbocycles. The number of hydrogen-bond acceptors (Lipinski definition) is 3. The smallest absolute Gasteiger partial charge is 0.256 e. The number of aliphatic imine (C=N–C) groups is 1. The lowest BCUT2D eigenvalue weighted by atomic mass is 10.2. The normalized spacial score (nSPS) is 11.9. The molecule has 1 aromatic rings. The van der Waals surface area contributed by atoms with Gasteiger partial charge in [0, 0.05) is 22.7 Å². The molecule has 1 amide bonds. The van der Waals surface area contributed by atoms with Gasteiger partial charge in [-0.05, 0) is 37.3 Å². The summed E-state index contributed by atoms with van der Waals surface area (Å²) in [5.41, 5.74) is 1.01. The Bertz CT molecular complexity index is 538. The van der Waals surface area contributed by atoms with Crippen LogP contribution in [0.15, 0.2) is 45.4 Å². The van der Waals surface area contributed by atoms with Crippen LogP contribution in [-0.4, -0.2) is 18.8 Å². The third-order valence-corrected chi connectivity index (χ3v) is 2.65. The zero-order chi connectivity index (χ0) is 13.5. The second-order valence-corrected chi connectivity index (χ2v) is 4.42. The molecule has 0 radical (unpaired) electrons. The van der Waals surface area contributed by atoms with Crippen LogP contribution in [0.4, 0.5) is 0 Å². The fourth-order valence-electron chi connectivity index (χ4n) is 1.18.